The molecule has 3 heteroatoms. The Kier molecular flexibility index (Phi) is 24.6. The van der Waals surface area contributed by atoms with E-state index in [0.717, 1.165) is 55.7 Å². The van der Waals surface area contributed by atoms with Crippen molar-refractivity contribution in [2.45, 2.75) is 128 Å². The molecule has 2 atom stereocenters. The van der Waals surface area contributed by atoms with E-state index in [9.17, 15) is 4.79 Å². The first-order valence-electron chi connectivity index (χ1n) is 14.8. The minimum Gasteiger partial charge on any atom is -0.378 e. The van der Waals surface area contributed by atoms with E-state index in [1.165, 1.54) is 27.9 Å². The van der Waals surface area contributed by atoms with Crippen molar-refractivity contribution in [1.82, 2.24) is 5.32 Å². The fourth-order valence-electron chi connectivity index (χ4n) is 3.67. The van der Waals surface area contributed by atoms with Crippen LogP contribution >= 0.6 is 11.8 Å². The van der Waals surface area contributed by atoms with Gasteiger partial charge in [0.1, 0.15) is 0 Å². The van der Waals surface area contributed by atoms with Crippen LogP contribution in [0.3, 0.4) is 0 Å². The summed E-state index contributed by atoms with van der Waals surface area (Å²) in [7, 11) is 0. The number of ketones is 1. The average molecular weight is 544 g/mol. The summed E-state index contributed by atoms with van der Waals surface area (Å²) in [5.41, 5.74) is 8.01. The number of carbonyl (C=O) groups excluding carboxylic acids is 1. The maximum Gasteiger partial charge on any atom is 0.158 e. The summed E-state index contributed by atoms with van der Waals surface area (Å²) in [5.74, 6) is 2.13. The molecule has 0 aliphatic heterocycles. The smallest absolute Gasteiger partial charge is 0.158 e. The molecule has 0 rings (SSSR count). The molecular weight excluding hydrogens is 482 g/mol. The van der Waals surface area contributed by atoms with Crippen LogP contribution in [0.5, 0.6) is 0 Å². The van der Waals surface area contributed by atoms with E-state index in [4.69, 9.17) is 0 Å². The van der Waals surface area contributed by atoms with Crippen LogP contribution in [0.4, 0.5) is 0 Å². The van der Waals surface area contributed by atoms with Gasteiger partial charge in [-0.2, -0.15) is 11.8 Å². The Balaban J connectivity index is 0. The van der Waals surface area contributed by atoms with Crippen LogP contribution < -0.4 is 5.32 Å². The van der Waals surface area contributed by atoms with Gasteiger partial charge in [0, 0.05) is 23.1 Å². The normalized spacial score (nSPS) is 14.2. The highest BCUT2D eigenvalue weighted by atomic mass is 32.2. The zero-order valence-electron chi connectivity index (χ0n) is 27.1. The summed E-state index contributed by atoms with van der Waals surface area (Å²) in [4.78, 5) is 13.1. The van der Waals surface area contributed by atoms with Crippen LogP contribution in [0.25, 0.3) is 0 Å². The first kappa shape index (κ1) is 38.4. The molecule has 0 bridgehead atoms. The molecule has 0 heterocycles. The highest BCUT2D eigenvalue weighted by Gasteiger charge is 2.22. The van der Waals surface area contributed by atoms with Crippen LogP contribution in [-0.4, -0.2) is 23.3 Å². The lowest BCUT2D eigenvalue weighted by molar-refractivity contribution is -0.123. The van der Waals surface area contributed by atoms with Gasteiger partial charge >= 0.3 is 0 Å². The molecular formula is C35H61NOS. The minimum absolute atomic E-state index is 0.0773. The number of rotatable bonds is 18. The molecule has 0 aliphatic rings. The molecule has 0 aromatic heterocycles. The van der Waals surface area contributed by atoms with Crippen molar-refractivity contribution in [3.05, 3.63) is 70.0 Å². The van der Waals surface area contributed by atoms with Gasteiger partial charge in [0.15, 0.2) is 5.78 Å². The molecule has 38 heavy (non-hydrogen) atoms. The number of nitrogens with one attached hydrogen (secondary N) is 1. The monoisotopic (exact) mass is 543 g/mol. The second kappa shape index (κ2) is 24.3. The summed E-state index contributed by atoms with van der Waals surface area (Å²) in [6.45, 7) is 25.3. The van der Waals surface area contributed by atoms with Gasteiger partial charge in [0.05, 0.1) is 6.04 Å². The van der Waals surface area contributed by atoms with Gasteiger partial charge in [-0.1, -0.05) is 86.4 Å². The third kappa shape index (κ3) is 20.3. The Bertz CT molecular complexity index is 830. The summed E-state index contributed by atoms with van der Waals surface area (Å²) in [5, 5.41) is 3.53. The lowest BCUT2D eigenvalue weighted by Gasteiger charge is -2.22. The first-order chi connectivity index (χ1) is 18.0. The summed E-state index contributed by atoms with van der Waals surface area (Å²) >= 11 is 1.86. The molecule has 0 radical (unpaired) electrons. The maximum atomic E-state index is 13.1. The second-order valence-electron chi connectivity index (χ2n) is 10.5. The van der Waals surface area contributed by atoms with Crippen LogP contribution in [-0.2, 0) is 4.79 Å². The van der Waals surface area contributed by atoms with E-state index in [2.05, 4.69) is 91.1 Å². The van der Waals surface area contributed by atoms with Gasteiger partial charge in [0.2, 0.25) is 0 Å². The summed E-state index contributed by atoms with van der Waals surface area (Å²) in [6, 6.07) is -0.147. The molecule has 0 amide bonds. The predicted molar refractivity (Wildman–Crippen MR) is 177 cm³/mol. The number of hydrogen-bond acceptors (Lipinski definition) is 3. The maximum absolute atomic E-state index is 13.1. The molecule has 0 aliphatic carbocycles. The largest absolute Gasteiger partial charge is 0.378 e. The Labute approximate surface area is 242 Å². The molecule has 0 spiro atoms. The second-order valence-corrected chi connectivity index (χ2v) is 11.6. The zero-order chi connectivity index (χ0) is 29.5. The molecule has 1 unspecified atom stereocenters. The lowest BCUT2D eigenvalue weighted by Crippen LogP contribution is -2.41. The fraction of sp³-hybridized carbons (Fsp3) is 0.629. The average Bonchev–Trinajstić information content (AvgIpc) is 2.88. The minimum atomic E-state index is -0.147. The lowest BCUT2D eigenvalue weighted by atomic mass is 9.98. The Hall–Kier alpha value is -1.74. The molecule has 2 nitrogen and oxygen atoms in total. The standard InChI is InChI=1S/C33H55NOS.C2H6/c1-11-15-29(9)30(10)34-32(33(35)28(8)12-2)24-36-23-22-31(21-20-26(5)6)19-14-18-27(7)17-13-16-25(3)4;1-2/h11,15-16,18,20,22,28,32,34H,12-14,17,19,21,23-24H2,1-10H3;1-2H3/b15-11-,27-18+,30-29+,31-22-;/t28-,32?;/m1./s1. The Morgan fingerprint density at radius 3 is 2.03 bits per heavy atom. The number of hydrogen-bond donors (Lipinski definition) is 1. The van der Waals surface area contributed by atoms with Gasteiger partial charge in [-0.05, 0) is 99.5 Å². The molecule has 0 saturated carbocycles. The van der Waals surface area contributed by atoms with Crippen LogP contribution in [0, 0.1) is 5.92 Å². The van der Waals surface area contributed by atoms with Crippen molar-refractivity contribution in [2.75, 3.05) is 11.5 Å². The third-order valence-electron chi connectivity index (χ3n) is 6.44. The zero-order valence-corrected chi connectivity index (χ0v) is 27.9. The molecule has 0 aromatic rings. The molecule has 0 fully saturated rings. The van der Waals surface area contributed by atoms with Gasteiger partial charge in [-0.15, -0.1) is 0 Å². The van der Waals surface area contributed by atoms with Crippen molar-refractivity contribution in [1.29, 1.82) is 0 Å². The van der Waals surface area contributed by atoms with Crippen molar-refractivity contribution in [2.24, 2.45) is 5.92 Å². The van der Waals surface area contributed by atoms with E-state index in [0.29, 0.717) is 5.78 Å². The third-order valence-corrected chi connectivity index (χ3v) is 7.41. The quantitative estimate of drug-likeness (QED) is 0.106. The number of thioether (sulfide) groups is 1. The van der Waals surface area contributed by atoms with E-state index >= 15 is 0 Å². The van der Waals surface area contributed by atoms with Crippen LogP contribution in [0.2, 0.25) is 0 Å². The Morgan fingerprint density at radius 1 is 0.868 bits per heavy atom. The van der Waals surface area contributed by atoms with Crippen molar-refractivity contribution in [3.63, 3.8) is 0 Å². The van der Waals surface area contributed by atoms with Crippen LogP contribution in [0.15, 0.2) is 70.0 Å². The summed E-state index contributed by atoms with van der Waals surface area (Å²) in [6.07, 6.45) is 20.0. The Morgan fingerprint density at radius 2 is 1.47 bits per heavy atom. The number of carbonyl (C=O) groups is 1. The van der Waals surface area contributed by atoms with E-state index in [1.54, 1.807) is 0 Å². The molecule has 218 valence electrons. The van der Waals surface area contributed by atoms with Crippen molar-refractivity contribution < 1.29 is 4.79 Å². The SMILES string of the molecule is C/C=C\C(C)=C(/C)NC(CSC/C=C(\CC=C(C)C)CC/C=C(\C)CCC=C(C)C)C(=O)[C@H](C)CC.CC. The molecule has 0 aromatic carbocycles. The highest BCUT2D eigenvalue weighted by molar-refractivity contribution is 7.99. The van der Waals surface area contributed by atoms with E-state index in [1.807, 2.05) is 45.5 Å². The van der Waals surface area contributed by atoms with Crippen molar-refractivity contribution in [3.8, 4) is 0 Å². The predicted octanol–water partition coefficient (Wildman–Crippen LogP) is 10.9. The van der Waals surface area contributed by atoms with E-state index < -0.39 is 0 Å². The van der Waals surface area contributed by atoms with Gasteiger partial charge in [-0.3, -0.25) is 4.79 Å². The van der Waals surface area contributed by atoms with Gasteiger partial charge in [0.25, 0.3) is 0 Å². The molecule has 1 N–H and O–H groups in total. The number of Topliss-reactive ketones (excluding diaryl/α,β-unsaturated/α-hetero) is 1. The fourth-order valence-corrected chi connectivity index (χ4v) is 4.64. The van der Waals surface area contributed by atoms with Gasteiger partial charge in [-0.25, -0.2) is 0 Å². The van der Waals surface area contributed by atoms with Crippen LogP contribution in [0.1, 0.15) is 122 Å². The number of allylic oxidation sites excluding steroid dienone is 11. The highest BCUT2D eigenvalue weighted by Crippen LogP contribution is 2.18. The van der Waals surface area contributed by atoms with Gasteiger partial charge < -0.3 is 5.32 Å². The summed E-state index contributed by atoms with van der Waals surface area (Å²) < 4.78 is 0. The topological polar surface area (TPSA) is 29.1 Å². The van der Waals surface area contributed by atoms with Crippen molar-refractivity contribution >= 4 is 17.5 Å². The molecule has 0 saturated heterocycles. The first-order valence-corrected chi connectivity index (χ1v) is 16.0. The van der Waals surface area contributed by atoms with E-state index in [-0.39, 0.29) is 12.0 Å².